The SMILES string of the molecule is C=C1C(O)OC(=O)C2=CCC3c4ccccc4S/C(=C/C)[C@H]3C12. The maximum absolute atomic E-state index is 12.2. The number of hydrogen-bond donors (Lipinski definition) is 1. The Balaban J connectivity index is 1.88. The number of thioether (sulfide) groups is 1. The summed E-state index contributed by atoms with van der Waals surface area (Å²) in [6, 6.07) is 8.45. The molecule has 4 atom stereocenters. The molecule has 3 unspecified atom stereocenters. The third kappa shape index (κ3) is 2.12. The van der Waals surface area contributed by atoms with Crippen molar-refractivity contribution in [3.8, 4) is 0 Å². The molecule has 3 nitrogen and oxygen atoms in total. The lowest BCUT2D eigenvalue weighted by molar-refractivity contribution is -0.163. The number of carbonyl (C=O) groups excluding carboxylic acids is 1. The molecular formula is C19H18O3S. The number of carbonyl (C=O) groups is 1. The van der Waals surface area contributed by atoms with Gasteiger partial charge in [-0.25, -0.2) is 4.79 Å². The van der Waals surface area contributed by atoms with Crippen LogP contribution in [0.2, 0.25) is 0 Å². The van der Waals surface area contributed by atoms with Crippen LogP contribution in [0.5, 0.6) is 0 Å². The number of hydrogen-bond acceptors (Lipinski definition) is 4. The maximum Gasteiger partial charge on any atom is 0.336 e. The molecular weight excluding hydrogens is 308 g/mol. The van der Waals surface area contributed by atoms with Gasteiger partial charge in [0.05, 0.1) is 0 Å². The first-order valence-electron chi connectivity index (χ1n) is 7.82. The van der Waals surface area contributed by atoms with Crippen LogP contribution in [0, 0.1) is 11.8 Å². The summed E-state index contributed by atoms with van der Waals surface area (Å²) in [7, 11) is 0. The number of esters is 1. The Morgan fingerprint density at radius 1 is 1.39 bits per heavy atom. The Morgan fingerprint density at radius 3 is 2.96 bits per heavy atom. The van der Waals surface area contributed by atoms with E-state index in [9.17, 15) is 9.90 Å². The Morgan fingerprint density at radius 2 is 2.17 bits per heavy atom. The zero-order chi connectivity index (χ0) is 16.1. The van der Waals surface area contributed by atoms with E-state index in [4.69, 9.17) is 4.74 Å². The van der Waals surface area contributed by atoms with Gasteiger partial charge in [0.1, 0.15) is 0 Å². The molecule has 0 saturated carbocycles. The van der Waals surface area contributed by atoms with Crippen molar-refractivity contribution < 1.29 is 14.6 Å². The molecule has 1 fully saturated rings. The lowest BCUT2D eigenvalue weighted by Crippen LogP contribution is -2.42. The van der Waals surface area contributed by atoms with Gasteiger partial charge in [0, 0.05) is 22.3 Å². The predicted octanol–water partition coefficient (Wildman–Crippen LogP) is 3.77. The van der Waals surface area contributed by atoms with Crippen molar-refractivity contribution in [2.45, 2.75) is 30.4 Å². The van der Waals surface area contributed by atoms with Crippen LogP contribution in [0.1, 0.15) is 24.8 Å². The van der Waals surface area contributed by atoms with Gasteiger partial charge in [-0.3, -0.25) is 0 Å². The summed E-state index contributed by atoms with van der Waals surface area (Å²) in [5.74, 6) is -0.123. The van der Waals surface area contributed by atoms with E-state index >= 15 is 0 Å². The number of aliphatic hydroxyl groups excluding tert-OH is 1. The lowest BCUT2D eigenvalue weighted by Gasteiger charge is -2.45. The van der Waals surface area contributed by atoms with Crippen LogP contribution in [0.4, 0.5) is 0 Å². The van der Waals surface area contributed by atoms with Gasteiger partial charge in [-0.1, -0.05) is 48.7 Å². The second kappa shape index (κ2) is 5.39. The molecule has 2 heterocycles. The van der Waals surface area contributed by atoms with E-state index in [1.54, 1.807) is 11.8 Å². The van der Waals surface area contributed by atoms with Crippen LogP contribution in [-0.2, 0) is 9.53 Å². The lowest BCUT2D eigenvalue weighted by atomic mass is 9.65. The molecule has 1 N–H and O–H groups in total. The molecule has 2 aliphatic heterocycles. The summed E-state index contributed by atoms with van der Waals surface area (Å²) in [4.78, 5) is 14.7. The summed E-state index contributed by atoms with van der Waals surface area (Å²) in [6.07, 6.45) is 3.71. The highest BCUT2D eigenvalue weighted by atomic mass is 32.2. The van der Waals surface area contributed by atoms with Gasteiger partial charge in [0.2, 0.25) is 6.29 Å². The molecule has 0 spiro atoms. The van der Waals surface area contributed by atoms with E-state index in [0.717, 1.165) is 6.42 Å². The number of ether oxygens (including phenoxy) is 1. The Bertz CT molecular complexity index is 762. The molecule has 0 aromatic heterocycles. The molecule has 0 radical (unpaired) electrons. The number of allylic oxidation sites excluding steroid dienone is 3. The van der Waals surface area contributed by atoms with Crippen molar-refractivity contribution in [2.75, 3.05) is 0 Å². The third-order valence-electron chi connectivity index (χ3n) is 5.05. The van der Waals surface area contributed by atoms with Crippen LogP contribution < -0.4 is 0 Å². The minimum Gasteiger partial charge on any atom is -0.428 e. The first kappa shape index (κ1) is 14.8. The zero-order valence-corrected chi connectivity index (χ0v) is 13.7. The quantitative estimate of drug-likeness (QED) is 0.582. The second-order valence-electron chi connectivity index (χ2n) is 6.17. The molecule has 0 bridgehead atoms. The minimum absolute atomic E-state index is 0.148. The van der Waals surface area contributed by atoms with Crippen LogP contribution in [0.15, 0.2) is 63.9 Å². The van der Waals surface area contributed by atoms with Crippen molar-refractivity contribution in [2.24, 2.45) is 11.8 Å². The smallest absolute Gasteiger partial charge is 0.336 e. The van der Waals surface area contributed by atoms with E-state index in [1.807, 2.05) is 13.0 Å². The molecule has 1 aromatic rings. The van der Waals surface area contributed by atoms with Gasteiger partial charge in [-0.05, 0) is 41.4 Å². The van der Waals surface area contributed by atoms with E-state index in [1.165, 1.54) is 15.4 Å². The minimum atomic E-state index is -1.20. The maximum atomic E-state index is 12.2. The van der Waals surface area contributed by atoms with Crippen LogP contribution >= 0.6 is 11.8 Å². The molecule has 4 heteroatoms. The van der Waals surface area contributed by atoms with Gasteiger partial charge >= 0.3 is 5.97 Å². The van der Waals surface area contributed by atoms with Gasteiger partial charge < -0.3 is 9.84 Å². The van der Waals surface area contributed by atoms with Crippen molar-refractivity contribution in [1.82, 2.24) is 0 Å². The number of aliphatic hydroxyl groups is 1. The molecule has 118 valence electrons. The number of fused-ring (bicyclic) bond motifs is 5. The average Bonchev–Trinajstić information content (AvgIpc) is 2.58. The van der Waals surface area contributed by atoms with E-state index in [-0.39, 0.29) is 11.8 Å². The highest BCUT2D eigenvalue weighted by Crippen LogP contribution is 2.57. The Hall–Kier alpha value is -1.78. The largest absolute Gasteiger partial charge is 0.428 e. The molecule has 23 heavy (non-hydrogen) atoms. The normalized spacial score (nSPS) is 34.2. The first-order valence-corrected chi connectivity index (χ1v) is 8.64. The highest BCUT2D eigenvalue weighted by molar-refractivity contribution is 8.03. The van der Waals surface area contributed by atoms with Gasteiger partial charge in [0.25, 0.3) is 0 Å². The fourth-order valence-electron chi connectivity index (χ4n) is 4.00. The van der Waals surface area contributed by atoms with E-state index < -0.39 is 12.3 Å². The summed E-state index contributed by atoms with van der Waals surface area (Å²) in [5.41, 5.74) is 2.57. The number of cyclic esters (lactones) is 1. The Labute approximate surface area is 139 Å². The van der Waals surface area contributed by atoms with Crippen molar-refractivity contribution in [3.63, 3.8) is 0 Å². The van der Waals surface area contributed by atoms with Crippen molar-refractivity contribution in [1.29, 1.82) is 0 Å². The van der Waals surface area contributed by atoms with Gasteiger partial charge in [-0.15, -0.1) is 0 Å². The average molecular weight is 326 g/mol. The molecule has 1 aliphatic carbocycles. The molecule has 1 aromatic carbocycles. The fraction of sp³-hybridized carbons (Fsp3) is 0.316. The number of benzene rings is 1. The summed E-state index contributed by atoms with van der Waals surface area (Å²) in [5, 5.41) is 10.0. The fourth-order valence-corrected chi connectivity index (χ4v) is 5.29. The molecule has 0 amide bonds. The topological polar surface area (TPSA) is 46.5 Å². The van der Waals surface area contributed by atoms with E-state index in [2.05, 4.69) is 36.9 Å². The van der Waals surface area contributed by atoms with Crippen LogP contribution in [0.25, 0.3) is 0 Å². The summed E-state index contributed by atoms with van der Waals surface area (Å²) in [6.45, 7) is 6.06. The summed E-state index contributed by atoms with van der Waals surface area (Å²) >= 11 is 1.76. The molecule has 3 aliphatic rings. The van der Waals surface area contributed by atoms with Gasteiger partial charge in [0.15, 0.2) is 0 Å². The molecule has 1 saturated heterocycles. The van der Waals surface area contributed by atoms with Crippen molar-refractivity contribution in [3.05, 3.63) is 64.6 Å². The van der Waals surface area contributed by atoms with Crippen LogP contribution in [0.3, 0.4) is 0 Å². The van der Waals surface area contributed by atoms with Crippen LogP contribution in [-0.4, -0.2) is 17.4 Å². The van der Waals surface area contributed by atoms with E-state index in [0.29, 0.717) is 17.1 Å². The summed E-state index contributed by atoms with van der Waals surface area (Å²) < 4.78 is 5.01. The highest BCUT2D eigenvalue weighted by Gasteiger charge is 2.48. The third-order valence-corrected chi connectivity index (χ3v) is 6.39. The second-order valence-corrected chi connectivity index (χ2v) is 7.28. The van der Waals surface area contributed by atoms with Gasteiger partial charge in [-0.2, -0.15) is 0 Å². The number of rotatable bonds is 0. The standard InChI is InChI=1S/C19H18O3S/c1-3-14-17-12(11-6-4-5-7-15(11)23-14)8-9-13-16(17)10(2)18(20)22-19(13)21/h3-7,9,12,16-18,20H,2,8H2,1H3/b14-3+/t12?,16?,17-,18?/m0/s1. The monoisotopic (exact) mass is 326 g/mol. The predicted molar refractivity (Wildman–Crippen MR) is 89.7 cm³/mol. The Kier molecular flexibility index (Phi) is 3.47. The first-order chi connectivity index (χ1) is 11.1. The zero-order valence-electron chi connectivity index (χ0n) is 12.9. The van der Waals surface area contributed by atoms with Crippen molar-refractivity contribution >= 4 is 17.7 Å². The molecule has 4 rings (SSSR count).